The summed E-state index contributed by atoms with van der Waals surface area (Å²) in [4.78, 5) is 8.54. The third-order valence-electron chi connectivity index (χ3n) is 2.83. The number of aryl methyl sites for hydroxylation is 1. The number of hydrogen-bond donors (Lipinski definition) is 0. The molecular formula is C12H23FN2Si2. The van der Waals surface area contributed by atoms with Crippen molar-refractivity contribution >= 4 is 16.1 Å². The lowest BCUT2D eigenvalue weighted by atomic mass is 10.4. The van der Waals surface area contributed by atoms with E-state index in [-0.39, 0.29) is 0 Å². The lowest BCUT2D eigenvalue weighted by Gasteiger charge is -2.37. The SMILES string of the molecule is Cc1cc(F)nc(C([Si](C)(C)C)[Si](C)(C)C)n1. The van der Waals surface area contributed by atoms with E-state index in [2.05, 4.69) is 49.3 Å². The molecule has 0 amide bonds. The van der Waals surface area contributed by atoms with Crippen LogP contribution in [0.2, 0.25) is 39.3 Å². The van der Waals surface area contributed by atoms with Gasteiger partial charge in [0.25, 0.3) is 0 Å². The van der Waals surface area contributed by atoms with E-state index in [1.54, 1.807) is 0 Å². The fraction of sp³-hybridized carbons (Fsp3) is 0.667. The first-order valence-corrected chi connectivity index (χ1v) is 13.2. The molecule has 0 radical (unpaired) electrons. The van der Waals surface area contributed by atoms with Crippen LogP contribution < -0.4 is 0 Å². The highest BCUT2D eigenvalue weighted by atomic mass is 28.4. The Morgan fingerprint density at radius 1 is 1.00 bits per heavy atom. The van der Waals surface area contributed by atoms with E-state index in [0.29, 0.717) is 5.16 Å². The second-order valence-corrected chi connectivity index (χ2v) is 18.1. The van der Waals surface area contributed by atoms with Gasteiger partial charge in [0, 0.05) is 16.9 Å². The van der Waals surface area contributed by atoms with Gasteiger partial charge in [-0.15, -0.1) is 0 Å². The largest absolute Gasteiger partial charge is 0.238 e. The van der Waals surface area contributed by atoms with Gasteiger partial charge in [0.15, 0.2) is 0 Å². The van der Waals surface area contributed by atoms with Crippen molar-refractivity contribution in [3.05, 3.63) is 23.5 Å². The molecule has 5 heteroatoms. The van der Waals surface area contributed by atoms with Gasteiger partial charge in [0.1, 0.15) is 5.82 Å². The Morgan fingerprint density at radius 2 is 1.47 bits per heavy atom. The van der Waals surface area contributed by atoms with Gasteiger partial charge in [-0.05, 0) is 6.92 Å². The van der Waals surface area contributed by atoms with Crippen LogP contribution in [0.5, 0.6) is 0 Å². The maximum atomic E-state index is 13.4. The zero-order valence-corrected chi connectivity index (χ0v) is 13.9. The molecule has 0 aromatic carbocycles. The first-order valence-electron chi connectivity index (χ1n) is 6.03. The normalized spacial score (nSPS) is 13.2. The molecule has 1 aromatic heterocycles. The molecule has 0 aliphatic carbocycles. The predicted octanol–water partition coefficient (Wildman–Crippen LogP) is 3.76. The number of nitrogens with zero attached hydrogens (tertiary/aromatic N) is 2. The van der Waals surface area contributed by atoms with Crippen LogP contribution in [-0.4, -0.2) is 26.1 Å². The summed E-state index contributed by atoms with van der Waals surface area (Å²) in [7, 11) is -2.88. The fourth-order valence-electron chi connectivity index (χ4n) is 2.75. The first kappa shape index (κ1) is 14.5. The maximum Gasteiger partial charge on any atom is 0.216 e. The third kappa shape index (κ3) is 3.71. The highest BCUT2D eigenvalue weighted by molar-refractivity contribution is 6.96. The van der Waals surface area contributed by atoms with Crippen LogP contribution in [0.25, 0.3) is 0 Å². The third-order valence-corrected chi connectivity index (χ3v) is 12.0. The van der Waals surface area contributed by atoms with Gasteiger partial charge in [0.05, 0.1) is 16.1 Å². The average Bonchev–Trinajstić information content (AvgIpc) is 1.93. The molecular weight excluding hydrogens is 247 g/mol. The minimum atomic E-state index is -1.44. The summed E-state index contributed by atoms with van der Waals surface area (Å²) >= 11 is 0. The molecule has 0 unspecified atom stereocenters. The van der Waals surface area contributed by atoms with E-state index in [9.17, 15) is 4.39 Å². The Bertz CT molecular complexity index is 374. The summed E-state index contributed by atoms with van der Waals surface area (Å²) < 4.78 is 13.4. The molecule has 1 heterocycles. The van der Waals surface area contributed by atoms with E-state index in [0.717, 1.165) is 11.5 Å². The molecule has 0 fully saturated rings. The molecule has 0 aliphatic rings. The van der Waals surface area contributed by atoms with Gasteiger partial charge in [-0.3, -0.25) is 0 Å². The van der Waals surface area contributed by atoms with Crippen molar-refractivity contribution in [2.45, 2.75) is 51.4 Å². The molecule has 0 aliphatic heterocycles. The molecule has 17 heavy (non-hydrogen) atoms. The number of aromatic nitrogens is 2. The van der Waals surface area contributed by atoms with Crippen molar-refractivity contribution in [2.24, 2.45) is 0 Å². The monoisotopic (exact) mass is 270 g/mol. The Kier molecular flexibility index (Phi) is 3.93. The van der Waals surface area contributed by atoms with Crippen LogP contribution in [0.15, 0.2) is 6.07 Å². The van der Waals surface area contributed by atoms with E-state index in [1.807, 2.05) is 6.92 Å². The summed E-state index contributed by atoms with van der Waals surface area (Å²) in [6.45, 7) is 15.7. The zero-order valence-electron chi connectivity index (χ0n) is 11.9. The summed E-state index contributed by atoms with van der Waals surface area (Å²) in [6.07, 6.45) is 0. The molecule has 0 N–H and O–H groups in total. The molecule has 0 saturated heterocycles. The first-order chi connectivity index (χ1) is 7.51. The average molecular weight is 270 g/mol. The van der Waals surface area contributed by atoms with Crippen LogP contribution >= 0.6 is 0 Å². The molecule has 0 spiro atoms. The van der Waals surface area contributed by atoms with Crippen molar-refractivity contribution < 1.29 is 4.39 Å². The number of hydrogen-bond acceptors (Lipinski definition) is 2. The molecule has 1 rings (SSSR count). The van der Waals surface area contributed by atoms with Gasteiger partial charge >= 0.3 is 0 Å². The fourth-order valence-corrected chi connectivity index (χ4v) is 15.0. The molecule has 2 nitrogen and oxygen atoms in total. The quantitative estimate of drug-likeness (QED) is 0.617. The standard InChI is InChI=1S/C12H23FN2Si2/c1-9-8-10(13)15-11(14-9)12(16(2,3)4)17(5,6)7/h8,12H,1-7H3. The predicted molar refractivity (Wildman–Crippen MR) is 76.2 cm³/mol. The Hall–Kier alpha value is -0.556. The van der Waals surface area contributed by atoms with Crippen LogP contribution in [0, 0.1) is 12.9 Å². The van der Waals surface area contributed by atoms with Crippen molar-refractivity contribution in [1.29, 1.82) is 0 Å². The van der Waals surface area contributed by atoms with E-state index in [4.69, 9.17) is 0 Å². The molecule has 0 atom stereocenters. The second kappa shape index (κ2) is 4.61. The minimum Gasteiger partial charge on any atom is -0.238 e. The maximum absolute atomic E-state index is 13.4. The highest BCUT2D eigenvalue weighted by Gasteiger charge is 2.40. The second-order valence-electron chi connectivity index (χ2n) is 6.86. The molecule has 1 aromatic rings. The lowest BCUT2D eigenvalue weighted by Crippen LogP contribution is -2.47. The minimum absolute atomic E-state index is 0.393. The zero-order chi connectivity index (χ0) is 13.4. The Balaban J connectivity index is 3.33. The molecule has 0 bridgehead atoms. The van der Waals surface area contributed by atoms with Crippen molar-refractivity contribution in [3.8, 4) is 0 Å². The topological polar surface area (TPSA) is 25.8 Å². The lowest BCUT2D eigenvalue weighted by molar-refractivity contribution is 0.569. The summed E-state index contributed by atoms with van der Waals surface area (Å²) in [5.74, 6) is 0.342. The van der Waals surface area contributed by atoms with E-state index < -0.39 is 22.1 Å². The molecule has 96 valence electrons. The smallest absolute Gasteiger partial charge is 0.216 e. The Labute approximate surface area is 106 Å². The van der Waals surface area contributed by atoms with Gasteiger partial charge in [-0.25, -0.2) is 9.97 Å². The summed E-state index contributed by atoms with van der Waals surface area (Å²) in [6, 6.07) is 1.40. The number of halogens is 1. The van der Waals surface area contributed by atoms with Gasteiger partial charge in [-0.2, -0.15) is 4.39 Å². The van der Waals surface area contributed by atoms with Gasteiger partial charge < -0.3 is 0 Å². The highest BCUT2D eigenvalue weighted by Crippen LogP contribution is 2.33. The van der Waals surface area contributed by atoms with Crippen LogP contribution in [0.1, 0.15) is 16.7 Å². The van der Waals surface area contributed by atoms with Gasteiger partial charge in [0.2, 0.25) is 5.95 Å². The summed E-state index contributed by atoms with van der Waals surface area (Å²) in [5, 5.41) is 0.393. The van der Waals surface area contributed by atoms with Crippen LogP contribution in [0.4, 0.5) is 4.39 Å². The van der Waals surface area contributed by atoms with Crippen LogP contribution in [-0.2, 0) is 0 Å². The molecule has 0 saturated carbocycles. The summed E-state index contributed by atoms with van der Waals surface area (Å²) in [5.41, 5.74) is 0.731. The Morgan fingerprint density at radius 3 is 1.82 bits per heavy atom. The van der Waals surface area contributed by atoms with E-state index in [1.165, 1.54) is 6.07 Å². The van der Waals surface area contributed by atoms with Crippen LogP contribution in [0.3, 0.4) is 0 Å². The van der Waals surface area contributed by atoms with Gasteiger partial charge in [-0.1, -0.05) is 39.3 Å². The van der Waals surface area contributed by atoms with Crippen molar-refractivity contribution in [1.82, 2.24) is 9.97 Å². The van der Waals surface area contributed by atoms with E-state index >= 15 is 0 Å². The van der Waals surface area contributed by atoms with Crippen molar-refractivity contribution in [3.63, 3.8) is 0 Å². The number of rotatable bonds is 3. The van der Waals surface area contributed by atoms with Crippen molar-refractivity contribution in [2.75, 3.05) is 0 Å².